The summed E-state index contributed by atoms with van der Waals surface area (Å²) in [5.41, 5.74) is 15.3. The molecule has 0 fully saturated rings. The number of hydrogen-bond donors (Lipinski definition) is 3. The lowest BCUT2D eigenvalue weighted by atomic mass is 9.84. The summed E-state index contributed by atoms with van der Waals surface area (Å²) in [6.07, 6.45) is 7.31. The van der Waals surface area contributed by atoms with Crippen LogP contribution < -0.4 is 15.8 Å². The molecule has 0 radical (unpaired) electrons. The molecule has 0 saturated heterocycles. The minimum absolute atomic E-state index is 0.305. The first-order valence-electron chi connectivity index (χ1n) is 13.1. The molecule has 0 aromatic heterocycles. The molecule has 35 heavy (non-hydrogen) atoms. The molecule has 3 aromatic rings. The molecular formula is C31H40N2O2. The molecule has 4 rings (SSSR count). The monoisotopic (exact) mass is 472 g/mol. The Morgan fingerprint density at radius 2 is 1.69 bits per heavy atom. The summed E-state index contributed by atoms with van der Waals surface area (Å²) >= 11 is 0. The number of fused-ring (bicyclic) bond motifs is 1. The van der Waals surface area contributed by atoms with Crippen LogP contribution in [-0.4, -0.2) is 25.3 Å². The van der Waals surface area contributed by atoms with E-state index in [2.05, 4.69) is 49.5 Å². The van der Waals surface area contributed by atoms with E-state index >= 15 is 0 Å². The number of benzene rings is 3. The van der Waals surface area contributed by atoms with E-state index in [1.165, 1.54) is 35.1 Å². The Balaban J connectivity index is 1.55. The average Bonchev–Trinajstić information content (AvgIpc) is 2.86. The van der Waals surface area contributed by atoms with Crippen LogP contribution in [-0.2, 0) is 25.7 Å². The predicted octanol–water partition coefficient (Wildman–Crippen LogP) is 6.30. The lowest BCUT2D eigenvalue weighted by Crippen LogP contribution is -2.19. The van der Waals surface area contributed by atoms with Gasteiger partial charge in [0.15, 0.2) is 0 Å². The summed E-state index contributed by atoms with van der Waals surface area (Å²) in [6.45, 7) is 6.59. The third-order valence-electron chi connectivity index (χ3n) is 7.21. The molecule has 0 bridgehead atoms. The second kappa shape index (κ2) is 11.6. The minimum Gasteiger partial charge on any atom is -0.507 e. The first kappa shape index (κ1) is 25.1. The van der Waals surface area contributed by atoms with Gasteiger partial charge in [-0.15, -0.1) is 0 Å². The molecule has 4 heteroatoms. The number of aryl methyl sites for hydroxylation is 1. The van der Waals surface area contributed by atoms with Gasteiger partial charge < -0.3 is 20.9 Å². The number of methoxy groups -OCH3 is 1. The van der Waals surface area contributed by atoms with Crippen LogP contribution >= 0.6 is 0 Å². The number of nitrogen functional groups attached to an aromatic ring is 1. The zero-order valence-electron chi connectivity index (χ0n) is 21.5. The van der Waals surface area contributed by atoms with Crippen molar-refractivity contribution in [2.45, 2.75) is 58.8 Å². The molecule has 0 amide bonds. The number of ether oxygens (including phenoxy) is 1. The fraction of sp³-hybridized carbons (Fsp3) is 0.419. The summed E-state index contributed by atoms with van der Waals surface area (Å²) in [5, 5.41) is 14.4. The molecule has 0 heterocycles. The van der Waals surface area contributed by atoms with Gasteiger partial charge in [0, 0.05) is 28.8 Å². The number of rotatable bonds is 10. The van der Waals surface area contributed by atoms with E-state index in [1.54, 1.807) is 7.11 Å². The summed E-state index contributed by atoms with van der Waals surface area (Å²) in [4.78, 5) is 0. The summed E-state index contributed by atoms with van der Waals surface area (Å²) in [5.74, 6) is 1.83. The third kappa shape index (κ3) is 5.99. The lowest BCUT2D eigenvalue weighted by molar-refractivity contribution is 0.411. The van der Waals surface area contributed by atoms with Gasteiger partial charge >= 0.3 is 0 Å². The van der Waals surface area contributed by atoms with E-state index < -0.39 is 0 Å². The highest BCUT2D eigenvalue weighted by atomic mass is 16.5. The zero-order valence-corrected chi connectivity index (χ0v) is 21.5. The van der Waals surface area contributed by atoms with Gasteiger partial charge in [-0.25, -0.2) is 0 Å². The molecule has 1 aliphatic carbocycles. The van der Waals surface area contributed by atoms with Crippen molar-refractivity contribution in [3.63, 3.8) is 0 Å². The highest BCUT2D eigenvalue weighted by Gasteiger charge is 2.22. The number of phenolic OH excluding ortho intramolecular Hbond substituents is 1. The van der Waals surface area contributed by atoms with Crippen LogP contribution in [0.15, 0.2) is 48.5 Å². The maximum atomic E-state index is 10.8. The molecule has 4 N–H and O–H groups in total. The number of aromatic hydroxyl groups is 1. The van der Waals surface area contributed by atoms with E-state index in [9.17, 15) is 5.11 Å². The molecule has 0 aliphatic heterocycles. The Bertz CT molecular complexity index is 1140. The van der Waals surface area contributed by atoms with E-state index in [0.717, 1.165) is 67.1 Å². The summed E-state index contributed by atoms with van der Waals surface area (Å²) in [7, 11) is 1.69. The largest absolute Gasteiger partial charge is 0.507 e. The Morgan fingerprint density at radius 3 is 2.43 bits per heavy atom. The van der Waals surface area contributed by atoms with Crippen molar-refractivity contribution in [3.05, 3.63) is 76.3 Å². The van der Waals surface area contributed by atoms with E-state index in [1.807, 2.05) is 18.2 Å². The van der Waals surface area contributed by atoms with Gasteiger partial charge in [0.25, 0.3) is 0 Å². The number of anilines is 1. The van der Waals surface area contributed by atoms with E-state index in [0.29, 0.717) is 17.9 Å². The van der Waals surface area contributed by atoms with Crippen LogP contribution in [0.3, 0.4) is 0 Å². The van der Waals surface area contributed by atoms with Gasteiger partial charge in [-0.05, 0) is 98.0 Å². The van der Waals surface area contributed by atoms with Gasteiger partial charge in [-0.1, -0.05) is 44.2 Å². The van der Waals surface area contributed by atoms with Crippen molar-refractivity contribution in [1.82, 2.24) is 5.32 Å². The quantitative estimate of drug-likeness (QED) is 0.239. The lowest BCUT2D eigenvalue weighted by Gasteiger charge is -2.23. The molecule has 3 aromatic carbocycles. The van der Waals surface area contributed by atoms with Crippen molar-refractivity contribution in [2.24, 2.45) is 5.92 Å². The second-order valence-electron chi connectivity index (χ2n) is 10.2. The molecule has 1 aliphatic rings. The number of phenols is 1. The molecule has 0 unspecified atom stereocenters. The fourth-order valence-corrected chi connectivity index (χ4v) is 5.13. The molecule has 0 spiro atoms. The Hall–Kier alpha value is -2.98. The van der Waals surface area contributed by atoms with Gasteiger partial charge in [-0.2, -0.15) is 0 Å². The maximum absolute atomic E-state index is 10.8. The van der Waals surface area contributed by atoms with E-state index in [4.69, 9.17) is 10.5 Å². The van der Waals surface area contributed by atoms with Crippen molar-refractivity contribution in [2.75, 3.05) is 25.9 Å². The normalized spacial score (nSPS) is 13.1. The topological polar surface area (TPSA) is 67.5 Å². The highest BCUT2D eigenvalue weighted by molar-refractivity contribution is 5.86. The van der Waals surface area contributed by atoms with Crippen molar-refractivity contribution in [3.8, 4) is 22.6 Å². The second-order valence-corrected chi connectivity index (χ2v) is 10.2. The van der Waals surface area contributed by atoms with Gasteiger partial charge in [-0.3, -0.25) is 0 Å². The number of nitrogens with two attached hydrogens (primary N) is 1. The van der Waals surface area contributed by atoms with Gasteiger partial charge in [0.1, 0.15) is 11.5 Å². The Morgan fingerprint density at radius 1 is 0.943 bits per heavy atom. The van der Waals surface area contributed by atoms with Crippen molar-refractivity contribution >= 4 is 5.69 Å². The van der Waals surface area contributed by atoms with Crippen LogP contribution in [0.2, 0.25) is 0 Å². The predicted molar refractivity (Wildman–Crippen MR) is 146 cm³/mol. The summed E-state index contributed by atoms with van der Waals surface area (Å²) in [6, 6.07) is 16.7. The average molecular weight is 473 g/mol. The standard InChI is InChI=1S/C31H40N2O2/c1-21(2)16-18-33-19-17-22-8-10-23(11-9-22)20-27-29(35-3)15-13-26(31(27)32)30-25-7-5-4-6-24(25)12-14-28(30)34/h8-15,21,33-34H,4-7,16-20,32H2,1-3H3. The van der Waals surface area contributed by atoms with Crippen molar-refractivity contribution < 1.29 is 9.84 Å². The minimum atomic E-state index is 0.305. The van der Waals surface area contributed by atoms with Gasteiger partial charge in [0.2, 0.25) is 0 Å². The molecule has 0 saturated carbocycles. The van der Waals surface area contributed by atoms with Crippen molar-refractivity contribution in [1.29, 1.82) is 0 Å². The van der Waals surface area contributed by atoms with Crippen LogP contribution in [0.4, 0.5) is 5.69 Å². The number of hydrogen-bond acceptors (Lipinski definition) is 4. The summed E-state index contributed by atoms with van der Waals surface area (Å²) < 4.78 is 5.70. The van der Waals surface area contributed by atoms with Crippen LogP contribution in [0.5, 0.6) is 11.5 Å². The molecule has 0 atom stereocenters. The van der Waals surface area contributed by atoms with Crippen LogP contribution in [0, 0.1) is 5.92 Å². The zero-order chi connectivity index (χ0) is 24.8. The first-order chi connectivity index (χ1) is 17.0. The molecule has 186 valence electrons. The third-order valence-corrected chi connectivity index (χ3v) is 7.21. The fourth-order valence-electron chi connectivity index (χ4n) is 5.13. The van der Waals surface area contributed by atoms with Gasteiger partial charge in [0.05, 0.1) is 7.11 Å². The smallest absolute Gasteiger partial charge is 0.124 e. The van der Waals surface area contributed by atoms with Crippen LogP contribution in [0.25, 0.3) is 11.1 Å². The SMILES string of the molecule is COc1ccc(-c2c(O)ccc3c2CCCC3)c(N)c1Cc1ccc(CCNCCC(C)C)cc1. The van der Waals surface area contributed by atoms with E-state index in [-0.39, 0.29) is 0 Å². The molecule has 4 nitrogen and oxygen atoms in total. The maximum Gasteiger partial charge on any atom is 0.124 e. The number of nitrogens with one attached hydrogen (secondary N) is 1. The first-order valence-corrected chi connectivity index (χ1v) is 13.1. The Labute approximate surface area is 210 Å². The van der Waals surface area contributed by atoms with Crippen LogP contribution in [0.1, 0.15) is 60.9 Å². The highest BCUT2D eigenvalue weighted by Crippen LogP contribution is 2.43. The Kier molecular flexibility index (Phi) is 8.35. The molecular weight excluding hydrogens is 432 g/mol.